The molecule has 3 aromatic carbocycles. The smallest absolute Gasteiger partial charge is 0.338 e. The number of esters is 2. The Morgan fingerprint density at radius 3 is 2.15 bits per heavy atom. The number of ether oxygens (including phenoxy) is 2. The minimum Gasteiger partial charge on any atom is -0.468 e. The van der Waals surface area contributed by atoms with Crippen LogP contribution in [0.4, 0.5) is 14.5 Å². The molecule has 3 aromatic rings. The van der Waals surface area contributed by atoms with Crippen molar-refractivity contribution in [3.63, 3.8) is 0 Å². The topological polar surface area (TPSA) is 98.9 Å². The van der Waals surface area contributed by atoms with E-state index in [0.717, 1.165) is 7.11 Å². The highest BCUT2D eigenvalue weighted by molar-refractivity contribution is 6.14. The lowest BCUT2D eigenvalue weighted by Gasteiger charge is -2.44. The van der Waals surface area contributed by atoms with Gasteiger partial charge in [-0.3, -0.25) is 14.5 Å². The molecule has 1 aliphatic carbocycles. The zero-order valence-corrected chi connectivity index (χ0v) is 21.8. The Hall–Kier alpha value is -4.79. The summed E-state index contributed by atoms with van der Waals surface area (Å²) in [4.78, 5) is 42.2. The molecule has 0 bridgehead atoms. The van der Waals surface area contributed by atoms with Gasteiger partial charge in [0.1, 0.15) is 23.4 Å². The van der Waals surface area contributed by atoms with Crippen molar-refractivity contribution in [2.45, 2.75) is 18.3 Å². The van der Waals surface area contributed by atoms with Crippen molar-refractivity contribution in [1.29, 1.82) is 0 Å². The molecule has 0 amide bonds. The first kappa shape index (κ1) is 26.8. The van der Waals surface area contributed by atoms with Crippen molar-refractivity contribution < 1.29 is 32.6 Å². The van der Waals surface area contributed by atoms with Crippen LogP contribution in [0.5, 0.6) is 0 Å². The van der Waals surface area contributed by atoms with Gasteiger partial charge in [-0.25, -0.2) is 13.6 Å². The first-order valence-electron chi connectivity index (χ1n) is 12.6. The Balaban J connectivity index is 1.84. The van der Waals surface area contributed by atoms with Crippen molar-refractivity contribution in [1.82, 2.24) is 0 Å². The van der Waals surface area contributed by atoms with Crippen LogP contribution in [0.3, 0.4) is 0 Å². The van der Waals surface area contributed by atoms with E-state index in [1.165, 1.54) is 54.5 Å². The summed E-state index contributed by atoms with van der Waals surface area (Å²) >= 11 is 0. The van der Waals surface area contributed by atoms with Gasteiger partial charge in [0.25, 0.3) is 0 Å². The van der Waals surface area contributed by atoms with Crippen LogP contribution in [-0.2, 0) is 23.9 Å². The fourth-order valence-corrected chi connectivity index (χ4v) is 5.65. The number of carbonyl (C=O) groups excluding carboxylic acids is 3. The maximum absolute atomic E-state index is 15.3. The zero-order valence-electron chi connectivity index (χ0n) is 21.8. The summed E-state index contributed by atoms with van der Waals surface area (Å²) in [6.07, 6.45) is 0.0893. The minimum absolute atomic E-state index is 0.0163. The Morgan fingerprint density at radius 2 is 1.52 bits per heavy atom. The van der Waals surface area contributed by atoms with Crippen LogP contribution in [0, 0.1) is 17.6 Å². The first-order valence-corrected chi connectivity index (χ1v) is 12.6. The number of rotatable bonds is 5. The molecule has 2 N–H and O–H groups in total. The molecule has 2 aliphatic rings. The number of halogens is 2. The molecule has 0 spiro atoms. The summed E-state index contributed by atoms with van der Waals surface area (Å²) in [6, 6.07) is 20.1. The van der Waals surface area contributed by atoms with Gasteiger partial charge >= 0.3 is 11.9 Å². The number of hydrogen-bond donors (Lipinski definition) is 1. The predicted octanol–water partition coefficient (Wildman–Crippen LogP) is 4.71. The van der Waals surface area contributed by atoms with Crippen LogP contribution in [0.2, 0.25) is 0 Å². The minimum atomic E-state index is -1.25. The molecule has 204 valence electrons. The number of methoxy groups -OCH3 is 2. The average molecular weight is 545 g/mol. The molecular weight excluding hydrogens is 518 g/mol. The molecule has 0 saturated heterocycles. The summed E-state index contributed by atoms with van der Waals surface area (Å²) in [5.41, 5.74) is 7.99. The SMILES string of the molecule is COC(=O)C1=C(N)N(c2ccccc2F)C2=C(C(=O)[C@H](C(=O)OC)[C@H](c3ccccc3)C2)[C@H]1c1ccc(F)cc1. The Labute approximate surface area is 229 Å². The summed E-state index contributed by atoms with van der Waals surface area (Å²) in [5, 5.41) is 0. The van der Waals surface area contributed by atoms with E-state index >= 15 is 4.39 Å². The molecule has 0 saturated carbocycles. The maximum Gasteiger partial charge on any atom is 0.338 e. The second kappa shape index (κ2) is 10.8. The van der Waals surface area contributed by atoms with Gasteiger partial charge in [0.05, 0.1) is 31.4 Å². The van der Waals surface area contributed by atoms with Gasteiger partial charge in [0.2, 0.25) is 0 Å². The summed E-state index contributed by atoms with van der Waals surface area (Å²) in [6.45, 7) is 0. The van der Waals surface area contributed by atoms with Crippen molar-refractivity contribution in [2.24, 2.45) is 11.7 Å². The van der Waals surface area contributed by atoms with Gasteiger partial charge < -0.3 is 15.2 Å². The van der Waals surface area contributed by atoms with E-state index in [2.05, 4.69) is 0 Å². The molecule has 1 heterocycles. The third-order valence-corrected chi connectivity index (χ3v) is 7.42. The average Bonchev–Trinajstić information content (AvgIpc) is 2.97. The van der Waals surface area contributed by atoms with Crippen molar-refractivity contribution in [3.8, 4) is 0 Å². The van der Waals surface area contributed by atoms with Crippen LogP contribution >= 0.6 is 0 Å². The molecule has 0 fully saturated rings. The Kier molecular flexibility index (Phi) is 7.21. The van der Waals surface area contributed by atoms with E-state index in [4.69, 9.17) is 15.2 Å². The quantitative estimate of drug-likeness (QED) is 0.367. The standard InChI is InChI=1S/C31H26F2N2O5/c1-39-30(37)25-20(17-8-4-3-5-9-17)16-23-26(28(25)36)24(18-12-14-19(32)15-13-18)27(31(38)40-2)29(34)35(23)22-11-7-6-10-21(22)33/h3-15,20,24-25H,16,34H2,1-2H3/t20-,24+,25+/m0/s1. The highest BCUT2D eigenvalue weighted by Gasteiger charge is 2.51. The van der Waals surface area contributed by atoms with Crippen LogP contribution in [-0.4, -0.2) is 31.9 Å². The monoisotopic (exact) mass is 544 g/mol. The van der Waals surface area contributed by atoms with Gasteiger partial charge in [-0.05, 0) is 41.8 Å². The number of hydrogen-bond acceptors (Lipinski definition) is 7. The van der Waals surface area contributed by atoms with Gasteiger partial charge in [-0.2, -0.15) is 0 Å². The Bertz CT molecular complexity index is 1550. The second-order valence-electron chi connectivity index (χ2n) is 9.51. The van der Waals surface area contributed by atoms with Crippen LogP contribution in [0.25, 0.3) is 0 Å². The molecule has 9 heteroatoms. The van der Waals surface area contributed by atoms with Crippen molar-refractivity contribution >= 4 is 23.4 Å². The molecular formula is C31H26F2N2O5. The van der Waals surface area contributed by atoms with Crippen molar-refractivity contribution in [3.05, 3.63) is 124 Å². The number of para-hydroxylation sites is 1. The number of allylic oxidation sites excluding steroid dienone is 2. The lowest BCUT2D eigenvalue weighted by Crippen LogP contribution is -2.46. The molecule has 0 radical (unpaired) electrons. The lowest BCUT2D eigenvalue weighted by atomic mass is 9.67. The molecule has 40 heavy (non-hydrogen) atoms. The van der Waals surface area contributed by atoms with Crippen LogP contribution < -0.4 is 10.6 Å². The van der Waals surface area contributed by atoms with E-state index in [0.29, 0.717) is 16.8 Å². The van der Waals surface area contributed by atoms with Gasteiger partial charge in [-0.1, -0.05) is 54.6 Å². The number of benzene rings is 3. The summed E-state index contributed by atoms with van der Waals surface area (Å²) in [7, 11) is 2.36. The second-order valence-corrected chi connectivity index (χ2v) is 9.51. The molecule has 1 aliphatic heterocycles. The van der Waals surface area contributed by atoms with E-state index < -0.39 is 47.1 Å². The fourth-order valence-electron chi connectivity index (χ4n) is 5.65. The van der Waals surface area contributed by atoms with Gasteiger partial charge in [-0.15, -0.1) is 0 Å². The number of nitrogens with two attached hydrogens (primary N) is 1. The number of ketones is 1. The van der Waals surface area contributed by atoms with E-state index in [1.54, 1.807) is 30.3 Å². The van der Waals surface area contributed by atoms with Crippen LogP contribution in [0.1, 0.15) is 29.4 Å². The normalized spacial score (nSPS) is 20.8. The summed E-state index contributed by atoms with van der Waals surface area (Å²) in [5.74, 6) is -6.54. The molecule has 5 rings (SSSR count). The highest BCUT2D eigenvalue weighted by Crippen LogP contribution is 2.51. The fraction of sp³-hybridized carbons (Fsp3) is 0.194. The number of Topliss-reactive ketones (excluding diaryl/α,β-unsaturated/α-hetero) is 1. The van der Waals surface area contributed by atoms with E-state index in [9.17, 15) is 18.8 Å². The number of anilines is 1. The molecule has 7 nitrogen and oxygen atoms in total. The largest absolute Gasteiger partial charge is 0.468 e. The first-order chi connectivity index (χ1) is 19.3. The highest BCUT2D eigenvalue weighted by atomic mass is 19.1. The van der Waals surface area contributed by atoms with Crippen molar-refractivity contribution in [2.75, 3.05) is 19.1 Å². The molecule has 3 atom stereocenters. The van der Waals surface area contributed by atoms with E-state index in [1.807, 2.05) is 6.07 Å². The molecule has 0 unspecified atom stereocenters. The number of carbonyl (C=O) groups is 3. The van der Waals surface area contributed by atoms with Gasteiger partial charge in [0, 0.05) is 17.2 Å². The zero-order chi connectivity index (χ0) is 28.6. The van der Waals surface area contributed by atoms with Crippen LogP contribution in [0.15, 0.2) is 102 Å². The lowest BCUT2D eigenvalue weighted by molar-refractivity contribution is -0.150. The number of nitrogens with zero attached hydrogens (tertiary/aromatic N) is 1. The summed E-state index contributed by atoms with van der Waals surface area (Å²) < 4.78 is 39.3. The van der Waals surface area contributed by atoms with E-state index in [-0.39, 0.29) is 29.1 Å². The third-order valence-electron chi connectivity index (χ3n) is 7.42. The third kappa shape index (κ3) is 4.43. The van der Waals surface area contributed by atoms with Gasteiger partial charge in [0.15, 0.2) is 5.78 Å². The molecule has 0 aromatic heterocycles. The maximum atomic E-state index is 15.3. The predicted molar refractivity (Wildman–Crippen MR) is 143 cm³/mol. The Morgan fingerprint density at radius 1 is 0.875 bits per heavy atom.